The van der Waals surface area contributed by atoms with Gasteiger partial charge in [0, 0.05) is 25.7 Å². The molecule has 2 rings (SSSR count). The molecule has 0 spiro atoms. The van der Waals surface area contributed by atoms with Gasteiger partial charge in [0.25, 0.3) is 0 Å². The molecule has 8 heteroatoms. The molecule has 2 N–H and O–H groups in total. The lowest BCUT2D eigenvalue weighted by Gasteiger charge is -2.17. The van der Waals surface area contributed by atoms with Crippen LogP contribution in [0, 0.1) is 0 Å². The molecule has 6 nitrogen and oxygen atoms in total. The summed E-state index contributed by atoms with van der Waals surface area (Å²) in [5.74, 6) is 2.59. The van der Waals surface area contributed by atoms with E-state index in [0.717, 1.165) is 18.1 Å². The second-order valence-corrected chi connectivity index (χ2v) is 5.68. The van der Waals surface area contributed by atoms with Gasteiger partial charge in [0.2, 0.25) is 5.75 Å². The minimum Gasteiger partial charge on any atom is -0.493 e. The lowest BCUT2D eigenvalue weighted by Crippen LogP contribution is -2.36. The summed E-state index contributed by atoms with van der Waals surface area (Å²) in [4.78, 5) is 4.24. The fourth-order valence-electron chi connectivity index (χ4n) is 2.28. The van der Waals surface area contributed by atoms with E-state index in [-0.39, 0.29) is 24.0 Å². The Bertz CT molecular complexity index is 678. The van der Waals surface area contributed by atoms with Gasteiger partial charge in [-0.25, -0.2) is 0 Å². The van der Waals surface area contributed by atoms with Crippen LogP contribution in [0.2, 0.25) is 0 Å². The Kier molecular flexibility index (Phi) is 9.43. The second kappa shape index (κ2) is 11.0. The average Bonchev–Trinajstić information content (AvgIpc) is 3.14. The van der Waals surface area contributed by atoms with Crippen LogP contribution in [0.15, 0.2) is 34.0 Å². The van der Waals surface area contributed by atoms with Crippen molar-refractivity contribution in [1.29, 1.82) is 0 Å². The highest BCUT2D eigenvalue weighted by molar-refractivity contribution is 14.0. The van der Waals surface area contributed by atoms with Crippen molar-refractivity contribution in [3.05, 3.63) is 40.1 Å². The third-order valence-corrected chi connectivity index (χ3v) is 4.23. The molecule has 25 heavy (non-hydrogen) atoms. The molecule has 0 saturated heterocycles. The number of hydrogen-bond donors (Lipinski definition) is 2. The third-order valence-electron chi connectivity index (χ3n) is 3.50. The number of rotatable bonds is 7. The number of guanidine groups is 1. The molecule has 1 aromatic heterocycles. The monoisotopic (exact) mass is 477 g/mol. The van der Waals surface area contributed by atoms with Gasteiger partial charge >= 0.3 is 0 Å². The first kappa shape index (κ1) is 21.4. The number of hydrogen-bond acceptors (Lipinski definition) is 5. The Hall–Kier alpha value is -1.68. The maximum absolute atomic E-state index is 5.49. The number of nitrogens with one attached hydrogen (secondary N) is 2. The zero-order valence-corrected chi connectivity index (χ0v) is 17.9. The smallest absolute Gasteiger partial charge is 0.203 e. The highest BCUT2D eigenvalue weighted by Crippen LogP contribution is 2.39. The zero-order valence-electron chi connectivity index (χ0n) is 14.8. The SMILES string of the molecule is CN=C(NCc1ccsc1)NCc1ccc(OC)c(OC)c1OC.I. The van der Waals surface area contributed by atoms with Crippen molar-refractivity contribution >= 4 is 41.3 Å². The predicted octanol–water partition coefficient (Wildman–Crippen LogP) is 3.26. The highest BCUT2D eigenvalue weighted by Gasteiger charge is 2.15. The molecular weight excluding hydrogens is 453 g/mol. The minimum absolute atomic E-state index is 0. The van der Waals surface area contributed by atoms with E-state index in [1.165, 1.54) is 5.56 Å². The summed E-state index contributed by atoms with van der Waals surface area (Å²) in [6, 6.07) is 5.89. The summed E-state index contributed by atoms with van der Waals surface area (Å²) in [6.07, 6.45) is 0. The first-order valence-electron chi connectivity index (χ1n) is 7.46. The molecule has 0 radical (unpaired) electrons. The topological polar surface area (TPSA) is 64.1 Å². The number of thiophene rings is 1. The summed E-state index contributed by atoms with van der Waals surface area (Å²) >= 11 is 1.68. The number of ether oxygens (including phenoxy) is 3. The van der Waals surface area contributed by atoms with Crippen LogP contribution in [0.3, 0.4) is 0 Å². The summed E-state index contributed by atoms with van der Waals surface area (Å²) in [7, 11) is 6.56. The summed E-state index contributed by atoms with van der Waals surface area (Å²) < 4.78 is 16.2. The molecule has 2 aromatic rings. The molecular formula is C17H24IN3O3S. The van der Waals surface area contributed by atoms with Crippen LogP contribution >= 0.6 is 35.3 Å². The van der Waals surface area contributed by atoms with Crippen molar-refractivity contribution in [3.8, 4) is 17.2 Å². The lowest BCUT2D eigenvalue weighted by molar-refractivity contribution is 0.322. The van der Waals surface area contributed by atoms with E-state index in [9.17, 15) is 0 Å². The van der Waals surface area contributed by atoms with Crippen LogP contribution in [0.4, 0.5) is 0 Å². The molecule has 0 saturated carbocycles. The van der Waals surface area contributed by atoms with Crippen molar-refractivity contribution in [2.75, 3.05) is 28.4 Å². The van der Waals surface area contributed by atoms with Gasteiger partial charge in [0.15, 0.2) is 17.5 Å². The standard InChI is InChI=1S/C17H23N3O3S.HI/c1-18-17(19-9-12-7-8-24-11-12)20-10-13-5-6-14(21-2)16(23-4)15(13)22-3;/h5-8,11H,9-10H2,1-4H3,(H2,18,19,20);1H. The highest BCUT2D eigenvalue weighted by atomic mass is 127. The number of halogens is 1. The van der Waals surface area contributed by atoms with Crippen molar-refractivity contribution < 1.29 is 14.2 Å². The van der Waals surface area contributed by atoms with E-state index in [1.54, 1.807) is 39.7 Å². The molecule has 0 amide bonds. The minimum atomic E-state index is 0. The van der Waals surface area contributed by atoms with E-state index < -0.39 is 0 Å². The summed E-state index contributed by atoms with van der Waals surface area (Å²) in [6.45, 7) is 1.28. The molecule has 1 heterocycles. The molecule has 0 aliphatic carbocycles. The molecule has 1 aromatic carbocycles. The van der Waals surface area contributed by atoms with Crippen molar-refractivity contribution in [2.24, 2.45) is 4.99 Å². The largest absolute Gasteiger partial charge is 0.493 e. The van der Waals surface area contributed by atoms with E-state index in [1.807, 2.05) is 12.1 Å². The number of methoxy groups -OCH3 is 3. The van der Waals surface area contributed by atoms with E-state index in [4.69, 9.17) is 14.2 Å². The van der Waals surface area contributed by atoms with Gasteiger partial charge in [-0.05, 0) is 34.5 Å². The first-order chi connectivity index (χ1) is 11.7. The molecule has 0 aliphatic heterocycles. The van der Waals surface area contributed by atoms with Gasteiger partial charge < -0.3 is 24.8 Å². The van der Waals surface area contributed by atoms with Gasteiger partial charge in [-0.15, -0.1) is 24.0 Å². The van der Waals surface area contributed by atoms with Crippen LogP contribution in [-0.4, -0.2) is 34.3 Å². The van der Waals surface area contributed by atoms with Gasteiger partial charge in [0.1, 0.15) is 0 Å². The van der Waals surface area contributed by atoms with Crippen LogP contribution in [0.25, 0.3) is 0 Å². The zero-order chi connectivity index (χ0) is 17.4. The number of aliphatic imine (C=N–C) groups is 1. The van der Waals surface area contributed by atoms with Crippen LogP contribution in [0.5, 0.6) is 17.2 Å². The Morgan fingerprint density at radius 2 is 1.72 bits per heavy atom. The maximum Gasteiger partial charge on any atom is 0.203 e. The molecule has 0 fully saturated rings. The Morgan fingerprint density at radius 1 is 1.00 bits per heavy atom. The fraction of sp³-hybridized carbons (Fsp3) is 0.353. The molecule has 0 aliphatic rings. The van der Waals surface area contributed by atoms with Gasteiger partial charge in [-0.3, -0.25) is 4.99 Å². The Morgan fingerprint density at radius 3 is 2.28 bits per heavy atom. The first-order valence-corrected chi connectivity index (χ1v) is 8.41. The van der Waals surface area contributed by atoms with Crippen molar-refractivity contribution in [3.63, 3.8) is 0 Å². The Balaban J connectivity index is 0.00000312. The van der Waals surface area contributed by atoms with Crippen molar-refractivity contribution in [2.45, 2.75) is 13.1 Å². The van der Waals surface area contributed by atoms with Crippen LogP contribution in [0.1, 0.15) is 11.1 Å². The van der Waals surface area contributed by atoms with Crippen LogP contribution in [-0.2, 0) is 13.1 Å². The van der Waals surface area contributed by atoms with E-state index in [2.05, 4.69) is 32.5 Å². The van der Waals surface area contributed by atoms with Gasteiger partial charge in [-0.1, -0.05) is 0 Å². The quantitative estimate of drug-likeness (QED) is 0.364. The molecule has 138 valence electrons. The third kappa shape index (κ3) is 5.67. The predicted molar refractivity (Wildman–Crippen MR) is 113 cm³/mol. The summed E-state index contributed by atoms with van der Waals surface area (Å²) in [5.41, 5.74) is 2.18. The van der Waals surface area contributed by atoms with Crippen molar-refractivity contribution in [1.82, 2.24) is 10.6 Å². The van der Waals surface area contributed by atoms with Gasteiger partial charge in [-0.2, -0.15) is 11.3 Å². The maximum atomic E-state index is 5.49. The van der Waals surface area contributed by atoms with Crippen LogP contribution < -0.4 is 24.8 Å². The fourth-order valence-corrected chi connectivity index (χ4v) is 2.95. The molecule has 0 unspecified atom stereocenters. The second-order valence-electron chi connectivity index (χ2n) is 4.90. The number of nitrogens with zero attached hydrogens (tertiary/aromatic N) is 1. The van der Waals surface area contributed by atoms with Gasteiger partial charge in [0.05, 0.1) is 21.3 Å². The molecule has 0 atom stereocenters. The average molecular weight is 477 g/mol. The molecule has 0 bridgehead atoms. The normalized spacial score (nSPS) is 10.6. The Labute approximate surface area is 169 Å². The lowest BCUT2D eigenvalue weighted by atomic mass is 10.1. The van der Waals surface area contributed by atoms with E-state index >= 15 is 0 Å². The van der Waals surface area contributed by atoms with E-state index in [0.29, 0.717) is 23.8 Å². The summed E-state index contributed by atoms with van der Waals surface area (Å²) in [5, 5.41) is 10.7. The number of benzene rings is 1.